The average molecular weight is 313 g/mol. The number of thiophene rings is 1. The Bertz CT molecular complexity index is 500. The molecule has 2 heterocycles. The molecule has 118 valence electrons. The van der Waals surface area contributed by atoms with Gasteiger partial charge in [-0.15, -0.1) is 11.3 Å². The fourth-order valence-corrected chi connectivity index (χ4v) is 4.01. The minimum Gasteiger partial charge on any atom is -0.388 e. The summed E-state index contributed by atoms with van der Waals surface area (Å²) in [5.74, 6) is 0. The molecule has 0 aliphatic carbocycles. The molecule has 1 aliphatic rings. The highest BCUT2D eigenvalue weighted by molar-refractivity contribution is 7.16. The quantitative estimate of drug-likeness (QED) is 0.646. The first kappa shape index (κ1) is 16.2. The maximum atomic E-state index is 11.2. The first-order valence-corrected chi connectivity index (χ1v) is 8.24. The van der Waals surface area contributed by atoms with E-state index in [4.69, 9.17) is 0 Å². The van der Waals surface area contributed by atoms with Crippen molar-refractivity contribution in [1.29, 1.82) is 0 Å². The molecule has 0 aromatic carbocycles. The van der Waals surface area contributed by atoms with Gasteiger partial charge in [0.15, 0.2) is 5.00 Å². The van der Waals surface area contributed by atoms with E-state index < -0.39 is 6.10 Å². The molecule has 1 fully saturated rings. The van der Waals surface area contributed by atoms with E-state index in [0.29, 0.717) is 15.9 Å². The molecular weight excluding hydrogens is 290 g/mol. The van der Waals surface area contributed by atoms with E-state index in [1.54, 1.807) is 6.92 Å². The molecule has 1 unspecified atom stereocenters. The van der Waals surface area contributed by atoms with Crippen LogP contribution >= 0.6 is 11.3 Å². The zero-order valence-electron chi connectivity index (χ0n) is 12.8. The minimum atomic E-state index is -0.663. The average Bonchev–Trinajstić information content (AvgIpc) is 3.06. The molecule has 2 rings (SSSR count). The molecule has 0 spiro atoms. The largest absolute Gasteiger partial charge is 0.388 e. The number of nitro groups is 1. The van der Waals surface area contributed by atoms with Gasteiger partial charge in [0.25, 0.3) is 0 Å². The van der Waals surface area contributed by atoms with E-state index in [0.717, 1.165) is 32.6 Å². The van der Waals surface area contributed by atoms with Crippen molar-refractivity contribution >= 4 is 22.0 Å². The standard InChI is InChI=1S/C14H23N3O3S/c1-4-15(5-2)11-6-7-16(9-11)14-12(17(19)20)8-13(21-14)10(3)18/h8,10-11,18H,4-7,9H2,1-3H3/t10-,11?/m1/s1. The third kappa shape index (κ3) is 3.36. The maximum absolute atomic E-state index is 11.2. The molecule has 1 N–H and O–H groups in total. The van der Waals surface area contributed by atoms with E-state index in [1.807, 2.05) is 0 Å². The van der Waals surface area contributed by atoms with Crippen molar-refractivity contribution in [2.24, 2.45) is 0 Å². The zero-order chi connectivity index (χ0) is 15.6. The number of rotatable bonds is 6. The summed E-state index contributed by atoms with van der Waals surface area (Å²) in [6.45, 7) is 9.59. The van der Waals surface area contributed by atoms with Crippen molar-refractivity contribution in [2.45, 2.75) is 39.3 Å². The summed E-state index contributed by atoms with van der Waals surface area (Å²) < 4.78 is 0. The SMILES string of the molecule is CCN(CC)C1CCN(c2sc([C@@H](C)O)cc2[N+](=O)[O-])C1. The van der Waals surface area contributed by atoms with Gasteiger partial charge in [0.05, 0.1) is 11.0 Å². The highest BCUT2D eigenvalue weighted by Gasteiger charge is 2.32. The number of hydrogen-bond acceptors (Lipinski definition) is 6. The predicted molar refractivity (Wildman–Crippen MR) is 85.1 cm³/mol. The van der Waals surface area contributed by atoms with Crippen molar-refractivity contribution in [2.75, 3.05) is 31.1 Å². The third-order valence-corrected chi connectivity index (χ3v) is 5.46. The van der Waals surface area contributed by atoms with E-state index in [1.165, 1.54) is 17.4 Å². The second-order valence-corrected chi connectivity index (χ2v) is 6.44. The highest BCUT2D eigenvalue weighted by Crippen LogP contribution is 2.41. The molecular formula is C14H23N3O3S. The number of nitrogens with zero attached hydrogens (tertiary/aromatic N) is 3. The summed E-state index contributed by atoms with van der Waals surface area (Å²) in [6.07, 6.45) is 0.365. The first-order valence-electron chi connectivity index (χ1n) is 7.43. The fraction of sp³-hybridized carbons (Fsp3) is 0.714. The molecule has 0 amide bonds. The summed E-state index contributed by atoms with van der Waals surface area (Å²) in [5, 5.41) is 21.6. The van der Waals surface area contributed by atoms with Crippen molar-refractivity contribution in [3.8, 4) is 0 Å². The van der Waals surface area contributed by atoms with Gasteiger partial charge in [-0.1, -0.05) is 13.8 Å². The second-order valence-electron chi connectivity index (χ2n) is 5.38. The van der Waals surface area contributed by atoms with Gasteiger partial charge in [-0.3, -0.25) is 15.0 Å². The van der Waals surface area contributed by atoms with Gasteiger partial charge in [-0.05, 0) is 26.4 Å². The topological polar surface area (TPSA) is 69.8 Å². The van der Waals surface area contributed by atoms with Crippen LogP contribution in [0.1, 0.15) is 38.2 Å². The molecule has 0 radical (unpaired) electrons. The summed E-state index contributed by atoms with van der Waals surface area (Å²) in [7, 11) is 0. The van der Waals surface area contributed by atoms with Crippen LogP contribution in [0.25, 0.3) is 0 Å². The van der Waals surface area contributed by atoms with Crippen LogP contribution in [0, 0.1) is 10.1 Å². The number of aliphatic hydroxyl groups is 1. The van der Waals surface area contributed by atoms with Crippen molar-refractivity contribution in [3.05, 3.63) is 21.1 Å². The monoisotopic (exact) mass is 313 g/mol. The van der Waals surface area contributed by atoms with Gasteiger partial charge < -0.3 is 10.0 Å². The third-order valence-electron chi connectivity index (χ3n) is 4.10. The lowest BCUT2D eigenvalue weighted by molar-refractivity contribution is -0.383. The lowest BCUT2D eigenvalue weighted by Crippen LogP contribution is -2.37. The molecule has 2 atom stereocenters. The van der Waals surface area contributed by atoms with Crippen LogP contribution in [-0.2, 0) is 0 Å². The van der Waals surface area contributed by atoms with E-state index >= 15 is 0 Å². The predicted octanol–water partition coefficient (Wildman–Crippen LogP) is 2.63. The van der Waals surface area contributed by atoms with Crippen LogP contribution in [0.4, 0.5) is 10.7 Å². The Morgan fingerprint density at radius 3 is 2.76 bits per heavy atom. The Hall–Kier alpha value is -1.18. The molecule has 21 heavy (non-hydrogen) atoms. The molecule has 7 heteroatoms. The maximum Gasteiger partial charge on any atom is 0.304 e. The fourth-order valence-electron chi connectivity index (χ4n) is 2.92. The number of likely N-dealkylation sites (N-methyl/N-ethyl adjacent to an activating group) is 1. The zero-order valence-corrected chi connectivity index (χ0v) is 13.6. The van der Waals surface area contributed by atoms with Crippen LogP contribution in [-0.4, -0.2) is 47.2 Å². The Morgan fingerprint density at radius 2 is 2.24 bits per heavy atom. The van der Waals surface area contributed by atoms with E-state index in [-0.39, 0.29) is 10.6 Å². The van der Waals surface area contributed by atoms with Crippen molar-refractivity contribution in [3.63, 3.8) is 0 Å². The van der Waals surface area contributed by atoms with Gasteiger partial charge in [0.1, 0.15) is 0 Å². The van der Waals surface area contributed by atoms with Gasteiger partial charge in [-0.25, -0.2) is 0 Å². The molecule has 6 nitrogen and oxygen atoms in total. The summed E-state index contributed by atoms with van der Waals surface area (Å²) in [6, 6.07) is 1.96. The molecule has 1 aliphatic heterocycles. The van der Waals surface area contributed by atoms with Crippen molar-refractivity contribution < 1.29 is 10.0 Å². The normalized spacial score (nSPS) is 20.2. The number of hydrogen-bond donors (Lipinski definition) is 1. The lowest BCUT2D eigenvalue weighted by Gasteiger charge is -2.26. The van der Waals surface area contributed by atoms with Crippen LogP contribution in [0.3, 0.4) is 0 Å². The molecule has 1 aromatic heterocycles. The van der Waals surface area contributed by atoms with Crippen LogP contribution < -0.4 is 4.90 Å². The van der Waals surface area contributed by atoms with Crippen molar-refractivity contribution in [1.82, 2.24) is 4.90 Å². The first-order chi connectivity index (χ1) is 9.97. The Balaban J connectivity index is 2.21. The Morgan fingerprint density at radius 1 is 1.57 bits per heavy atom. The number of aliphatic hydroxyl groups excluding tert-OH is 1. The molecule has 0 saturated carbocycles. The second kappa shape index (κ2) is 6.72. The molecule has 0 bridgehead atoms. The molecule has 1 aromatic rings. The van der Waals surface area contributed by atoms with Crippen LogP contribution in [0.2, 0.25) is 0 Å². The minimum absolute atomic E-state index is 0.121. The lowest BCUT2D eigenvalue weighted by atomic mass is 10.2. The van der Waals surface area contributed by atoms with Gasteiger partial charge in [0, 0.05) is 30.1 Å². The van der Waals surface area contributed by atoms with Gasteiger partial charge in [-0.2, -0.15) is 0 Å². The summed E-state index contributed by atoms with van der Waals surface area (Å²) in [5.41, 5.74) is 0.121. The number of anilines is 1. The highest BCUT2D eigenvalue weighted by atomic mass is 32.1. The smallest absolute Gasteiger partial charge is 0.304 e. The molecule has 1 saturated heterocycles. The summed E-state index contributed by atoms with van der Waals surface area (Å²) >= 11 is 1.34. The van der Waals surface area contributed by atoms with Gasteiger partial charge >= 0.3 is 5.69 Å². The Kier molecular flexibility index (Phi) is 5.18. The van der Waals surface area contributed by atoms with Crippen LogP contribution in [0.5, 0.6) is 0 Å². The van der Waals surface area contributed by atoms with E-state index in [9.17, 15) is 15.2 Å². The van der Waals surface area contributed by atoms with Crippen LogP contribution in [0.15, 0.2) is 6.07 Å². The van der Waals surface area contributed by atoms with Gasteiger partial charge in [0.2, 0.25) is 0 Å². The van der Waals surface area contributed by atoms with E-state index in [2.05, 4.69) is 23.6 Å². The Labute approximate surface area is 129 Å². The summed E-state index contributed by atoms with van der Waals surface area (Å²) in [4.78, 5) is 16.0.